The average Bonchev–Trinajstić information content (AvgIpc) is 1.38. The van der Waals surface area contributed by atoms with Gasteiger partial charge in [0.1, 0.15) is 103 Å². The lowest BCUT2D eigenvalue weighted by Crippen LogP contribution is -2.57. The molecule has 15 atom stereocenters. The molecule has 4 aromatic heterocycles. The molecule has 8 amide bonds. The summed E-state index contributed by atoms with van der Waals surface area (Å²) >= 11 is 3.92. The van der Waals surface area contributed by atoms with Crippen LogP contribution in [-0.2, 0) is 39.0 Å². The first-order valence-corrected chi connectivity index (χ1v) is 33.7. The number of fused-ring (bicyclic) bond motifs is 7. The summed E-state index contributed by atoms with van der Waals surface area (Å²) in [5.74, 6) is -7.99. The van der Waals surface area contributed by atoms with Crippen molar-refractivity contribution in [2.45, 2.75) is 165 Å². The van der Waals surface area contributed by atoms with Gasteiger partial charge in [0, 0.05) is 33.2 Å². The topological polar surface area (TPSA) is 428 Å². The molecule has 0 spiro atoms. The summed E-state index contributed by atoms with van der Waals surface area (Å²) < 4.78 is 6.19. The first kappa shape index (κ1) is 70.3. The predicted octanol–water partition coefficient (Wildman–Crippen LogP) is 2.16. The number of carbonyl (C=O) groups is 9. The molecule has 0 aromatic carbocycles. The molecule has 5 aliphatic rings. The van der Waals surface area contributed by atoms with Crippen molar-refractivity contribution in [3.8, 4) is 0 Å². The Bertz CT molecular complexity index is 3820. The Labute approximate surface area is 556 Å². The third-order valence-corrected chi connectivity index (χ3v) is 20.7. The van der Waals surface area contributed by atoms with E-state index in [0.29, 0.717) is 12.1 Å². The zero-order chi connectivity index (χ0) is 68.4. The van der Waals surface area contributed by atoms with Crippen molar-refractivity contribution in [3.63, 3.8) is 0 Å². The number of aliphatic hydroxyl groups is 4. The second kappa shape index (κ2) is 28.9. The number of thiazole rings is 3. The number of cyclic esters (lactones) is 1. The number of esters is 1. The Morgan fingerprint density at radius 1 is 0.819 bits per heavy atom. The number of nitrogens with one attached hydrogen (secondary N) is 9. The highest BCUT2D eigenvalue weighted by Crippen LogP contribution is 2.47. The summed E-state index contributed by atoms with van der Waals surface area (Å²) in [7, 11) is 0. The van der Waals surface area contributed by atoms with Crippen LogP contribution < -0.4 is 47.9 Å². The molecule has 13 bridgehead atoms. The number of carbonyl (C=O) groups excluding carboxylic acids is 9. The van der Waals surface area contributed by atoms with Gasteiger partial charge in [-0.1, -0.05) is 45.1 Å². The van der Waals surface area contributed by atoms with Crippen LogP contribution in [0.2, 0.25) is 0 Å². The highest BCUT2D eigenvalue weighted by molar-refractivity contribution is 8.14. The largest absolute Gasteiger partial charge is 0.455 e. The number of rotatable bonds is 5. The molecule has 33 heteroatoms. The molecule has 2 radical (unpaired) electrons. The maximum absolute atomic E-state index is 14.9. The molecular weight excluding hydrogens is 1300 g/mol. The van der Waals surface area contributed by atoms with E-state index in [1.165, 1.54) is 64.4 Å². The fraction of sp³-hybridized carbons (Fsp3) is 0.459. The van der Waals surface area contributed by atoms with E-state index in [-0.39, 0.29) is 84.0 Å². The number of aliphatic hydroxyl groups excluding tert-OH is 3. The van der Waals surface area contributed by atoms with Gasteiger partial charge in [-0.15, -0.1) is 45.8 Å². The van der Waals surface area contributed by atoms with Crippen LogP contribution in [0.15, 0.2) is 62.3 Å². The maximum Gasteiger partial charge on any atom is 0.357 e. The van der Waals surface area contributed by atoms with E-state index < -0.39 is 149 Å². The van der Waals surface area contributed by atoms with E-state index in [0.717, 1.165) is 52.3 Å². The third-order valence-electron chi connectivity index (χ3n) is 16.7. The minimum absolute atomic E-state index is 0.00572. The van der Waals surface area contributed by atoms with Crippen molar-refractivity contribution in [2.75, 3.05) is 5.75 Å². The maximum atomic E-state index is 14.9. The van der Waals surface area contributed by atoms with Gasteiger partial charge in [0.2, 0.25) is 29.5 Å². The Balaban J connectivity index is 1.19. The fourth-order valence-electron chi connectivity index (χ4n) is 10.7. The summed E-state index contributed by atoms with van der Waals surface area (Å²) in [6, 6.07) is -8.71. The number of thioether (sulfide) groups is 1. The standard InChI is InChI=1S/C61H73N15O14S4/c1-12-24(3)42-54(87)66-27(6)49(82)64-26(5)48(81)65-28(7)50(83)76-61-17-16-25(4)63-46(61)37-20-92-56(70-37)43(30(9)90-58(88)36-18-33(29(8)77)32-14-15-35(68-42)45(80)44(32)69-36)74-52(85)39-22-93-57(72-39)47(60(11,89)31(10)78)75-53(86)40-21-91-55(71-40)34(13-2)67-41(79)19-62-51(84)38-23-94-59(61)73-38/h13-15,18-20,22-24,27-31,35,40,42-43,45-47,68,77-78,80,89H,4-5,12,16-17,21H2,1-3,6-11H3,(H,62,84)(H,64,82)(H,65,81)(H,66,87)(H,67,79)(H,74,85)(H,75,86)(H,76,83)/t24?,27-,28-,29-,30+,31+,35+,40+,42-,43-,45-,46+,47+,60-,61+/m0/s1. The van der Waals surface area contributed by atoms with Gasteiger partial charge in [-0.05, 0) is 85.8 Å². The van der Waals surface area contributed by atoms with Crippen molar-refractivity contribution in [1.29, 1.82) is 0 Å². The third kappa shape index (κ3) is 14.9. The molecule has 4 aliphatic heterocycles. The van der Waals surface area contributed by atoms with Gasteiger partial charge in [-0.3, -0.25) is 53.7 Å². The minimum Gasteiger partial charge on any atom is -0.455 e. The van der Waals surface area contributed by atoms with E-state index >= 15 is 0 Å². The second-order valence-corrected chi connectivity index (χ2v) is 27.2. The Kier molecular flexibility index (Phi) is 21.6. The first-order valence-electron chi connectivity index (χ1n) is 30.0. The molecule has 1 aliphatic carbocycles. The van der Waals surface area contributed by atoms with Crippen molar-refractivity contribution in [1.82, 2.24) is 67.8 Å². The summed E-state index contributed by atoms with van der Waals surface area (Å²) in [6.45, 7) is 22.2. The number of aromatic nitrogens is 4. The number of amides is 8. The van der Waals surface area contributed by atoms with Crippen molar-refractivity contribution >= 4 is 116 Å². The van der Waals surface area contributed by atoms with Crippen LogP contribution in [0.4, 0.5) is 0 Å². The summed E-state index contributed by atoms with van der Waals surface area (Å²) in [5, 5.41) is 75.4. The molecule has 1 unspecified atom stereocenters. The molecule has 500 valence electrons. The molecule has 4 aromatic rings. The molecular formula is C61H73N15O14S4. The lowest BCUT2D eigenvalue weighted by molar-refractivity contribution is -0.131. The summed E-state index contributed by atoms with van der Waals surface area (Å²) in [5.41, 5.74) is -4.16. The van der Waals surface area contributed by atoms with Gasteiger partial charge in [0.05, 0.1) is 47.1 Å². The second-order valence-electron chi connectivity index (χ2n) is 23.6. The number of ether oxygens (including phenoxy) is 1. The van der Waals surface area contributed by atoms with Gasteiger partial charge >= 0.3 is 5.97 Å². The quantitative estimate of drug-likeness (QED) is 0.101. The van der Waals surface area contributed by atoms with E-state index in [4.69, 9.17) is 19.7 Å². The van der Waals surface area contributed by atoms with Crippen molar-refractivity contribution in [2.24, 2.45) is 15.9 Å². The van der Waals surface area contributed by atoms with Crippen molar-refractivity contribution in [3.05, 3.63) is 120 Å². The number of hydrogen-bond acceptors (Lipinski definition) is 25. The first-order chi connectivity index (χ1) is 44.4. The SMILES string of the molecule is [CH2]C1=N[C@@H]2c3csc(n3)[C@H]3NC(=O)c4csc(n4)[C@H]([C@@](C)(O)[C@@H](C)O)NC(=O)[C@H]4CSC(=N4)C(=CC)NC(=O)[CH]NC(=O)c4csc(n4)[C@]2(CC1)NC(=O)[C@H](C)NC(=O)C(=C)NC(=O)[C@H](C)NC(=O)[C@H](C(C)CC)N[C@@H]1C=Cc2c([C@H](C)O)cc(nc2[C@H]1O)C(=O)O[C@@H]3C. The van der Waals surface area contributed by atoms with Crippen LogP contribution in [0.3, 0.4) is 0 Å². The molecule has 29 nitrogen and oxygen atoms in total. The Hall–Kier alpha value is -8.02. The lowest BCUT2D eigenvalue weighted by atomic mass is 9.80. The lowest BCUT2D eigenvalue weighted by Gasteiger charge is -2.41. The van der Waals surface area contributed by atoms with E-state index in [2.05, 4.69) is 76.3 Å². The van der Waals surface area contributed by atoms with Crippen LogP contribution in [0.5, 0.6) is 0 Å². The van der Waals surface area contributed by atoms with Crippen molar-refractivity contribution < 1.29 is 68.3 Å². The van der Waals surface area contributed by atoms with E-state index in [1.54, 1.807) is 31.4 Å². The fourth-order valence-corrected chi connectivity index (χ4v) is 14.8. The van der Waals surface area contributed by atoms with Gasteiger partial charge in [0.25, 0.3) is 17.7 Å². The normalized spacial score (nSPS) is 29.2. The van der Waals surface area contributed by atoms with Crippen LogP contribution in [-0.4, -0.2) is 158 Å². The molecule has 0 fully saturated rings. The van der Waals surface area contributed by atoms with Crippen LogP contribution in [0.25, 0.3) is 6.08 Å². The van der Waals surface area contributed by atoms with Crippen LogP contribution >= 0.6 is 45.8 Å². The predicted molar refractivity (Wildman–Crippen MR) is 348 cm³/mol. The number of pyridine rings is 1. The molecule has 9 rings (SSSR count). The van der Waals surface area contributed by atoms with Gasteiger partial charge in [0.15, 0.2) is 0 Å². The van der Waals surface area contributed by atoms with Gasteiger partial charge in [-0.25, -0.2) is 24.7 Å². The number of nitrogens with zero attached hydrogens (tertiary/aromatic N) is 6. The van der Waals surface area contributed by atoms with E-state index in [1.807, 2.05) is 6.92 Å². The average molecular weight is 1370 g/mol. The van der Waals surface area contributed by atoms with Gasteiger partial charge in [-0.2, -0.15) is 0 Å². The number of allylic oxidation sites excluding steroid dienone is 1. The summed E-state index contributed by atoms with van der Waals surface area (Å²) in [6.07, 6.45) is -0.433. The van der Waals surface area contributed by atoms with Crippen LogP contribution in [0, 0.1) is 19.4 Å². The zero-order valence-electron chi connectivity index (χ0n) is 52.6. The Morgan fingerprint density at radius 2 is 1.52 bits per heavy atom. The molecule has 0 saturated heterocycles. The smallest absolute Gasteiger partial charge is 0.357 e. The molecule has 8 heterocycles. The monoisotopic (exact) mass is 1370 g/mol. The highest BCUT2D eigenvalue weighted by atomic mass is 32.2. The molecule has 94 heavy (non-hydrogen) atoms. The molecule has 0 saturated carbocycles. The van der Waals surface area contributed by atoms with Crippen LogP contribution in [0.1, 0.15) is 181 Å². The Morgan fingerprint density at radius 3 is 2.22 bits per heavy atom. The highest BCUT2D eigenvalue weighted by Gasteiger charge is 2.50. The van der Waals surface area contributed by atoms with E-state index in [9.17, 15) is 63.6 Å². The molecule has 13 N–H and O–H groups in total. The summed E-state index contributed by atoms with van der Waals surface area (Å²) in [4.78, 5) is 156. The minimum atomic E-state index is -2.11. The zero-order valence-corrected chi connectivity index (χ0v) is 55.8. The van der Waals surface area contributed by atoms with Gasteiger partial charge < -0.3 is 67.7 Å². The number of hydrogen-bond donors (Lipinski definition) is 13. The number of aliphatic imine (C=N–C) groups is 2.